The SMILES string of the molecule is CN(C)CC1(O)CCCN(CC(=O)NCc2ccco2)CC1. The molecule has 0 aliphatic carbocycles. The van der Waals surface area contributed by atoms with Gasteiger partial charge in [-0.05, 0) is 52.0 Å². The molecule has 0 spiro atoms. The van der Waals surface area contributed by atoms with Crippen LogP contribution in [0.1, 0.15) is 25.0 Å². The molecule has 124 valence electrons. The maximum Gasteiger partial charge on any atom is 0.234 e. The molecular weight excluding hydrogens is 282 g/mol. The van der Waals surface area contributed by atoms with Crippen LogP contribution in [0, 0.1) is 0 Å². The zero-order valence-corrected chi connectivity index (χ0v) is 13.5. The van der Waals surface area contributed by atoms with Crippen LogP contribution in [-0.2, 0) is 11.3 Å². The molecular formula is C16H27N3O3. The topological polar surface area (TPSA) is 69.0 Å². The maximum atomic E-state index is 12.0. The Balaban J connectivity index is 1.75. The van der Waals surface area contributed by atoms with E-state index in [2.05, 4.69) is 10.2 Å². The maximum absolute atomic E-state index is 12.0. The van der Waals surface area contributed by atoms with Gasteiger partial charge in [0, 0.05) is 13.1 Å². The van der Waals surface area contributed by atoms with E-state index >= 15 is 0 Å². The quantitative estimate of drug-likeness (QED) is 0.808. The molecule has 6 nitrogen and oxygen atoms in total. The van der Waals surface area contributed by atoms with Crippen LogP contribution >= 0.6 is 0 Å². The minimum absolute atomic E-state index is 0.00514. The Kier molecular flexibility index (Phi) is 5.99. The first kappa shape index (κ1) is 17.0. The molecule has 1 saturated heterocycles. The van der Waals surface area contributed by atoms with Gasteiger partial charge in [0.25, 0.3) is 0 Å². The fourth-order valence-electron chi connectivity index (χ4n) is 3.00. The van der Waals surface area contributed by atoms with Gasteiger partial charge in [-0.1, -0.05) is 0 Å². The van der Waals surface area contributed by atoms with Crippen LogP contribution in [-0.4, -0.2) is 66.7 Å². The average Bonchev–Trinajstić information content (AvgIpc) is 2.89. The number of carbonyl (C=O) groups is 1. The third-order valence-electron chi connectivity index (χ3n) is 4.03. The summed E-state index contributed by atoms with van der Waals surface area (Å²) in [5, 5.41) is 13.5. The number of likely N-dealkylation sites (tertiary alicyclic amines) is 1. The second-order valence-electron chi connectivity index (χ2n) is 6.45. The number of furan rings is 1. The van der Waals surface area contributed by atoms with Crippen molar-refractivity contribution in [2.24, 2.45) is 0 Å². The molecule has 1 unspecified atom stereocenters. The zero-order chi connectivity index (χ0) is 16.0. The first-order chi connectivity index (χ1) is 10.5. The molecule has 6 heteroatoms. The van der Waals surface area contributed by atoms with Gasteiger partial charge >= 0.3 is 0 Å². The van der Waals surface area contributed by atoms with Crippen molar-refractivity contribution < 1.29 is 14.3 Å². The molecule has 22 heavy (non-hydrogen) atoms. The highest BCUT2D eigenvalue weighted by molar-refractivity contribution is 5.77. The largest absolute Gasteiger partial charge is 0.467 e. The molecule has 1 aromatic rings. The Bertz CT molecular complexity index is 461. The summed E-state index contributed by atoms with van der Waals surface area (Å²) in [6, 6.07) is 3.65. The molecule has 2 N–H and O–H groups in total. The van der Waals surface area contributed by atoms with E-state index in [1.807, 2.05) is 31.1 Å². The van der Waals surface area contributed by atoms with Crippen molar-refractivity contribution in [2.75, 3.05) is 40.3 Å². The summed E-state index contributed by atoms with van der Waals surface area (Å²) in [7, 11) is 3.95. The number of carbonyl (C=O) groups excluding carboxylic acids is 1. The molecule has 1 aliphatic rings. The van der Waals surface area contributed by atoms with E-state index in [9.17, 15) is 9.90 Å². The van der Waals surface area contributed by atoms with E-state index in [0.717, 1.165) is 31.7 Å². The van der Waals surface area contributed by atoms with Crippen LogP contribution in [0.2, 0.25) is 0 Å². The van der Waals surface area contributed by atoms with Crippen LogP contribution in [0.3, 0.4) is 0 Å². The number of likely N-dealkylation sites (N-methyl/N-ethyl adjacent to an activating group) is 1. The van der Waals surface area contributed by atoms with Gasteiger partial charge in [0.05, 0.1) is 25.0 Å². The Morgan fingerprint density at radius 3 is 2.95 bits per heavy atom. The number of nitrogens with one attached hydrogen (secondary N) is 1. The summed E-state index contributed by atoms with van der Waals surface area (Å²) in [6.45, 7) is 3.07. The van der Waals surface area contributed by atoms with Crippen molar-refractivity contribution in [2.45, 2.75) is 31.4 Å². The molecule has 0 saturated carbocycles. The molecule has 2 heterocycles. The minimum Gasteiger partial charge on any atom is -0.467 e. The number of amides is 1. The first-order valence-electron chi connectivity index (χ1n) is 7.85. The normalized spacial score (nSPS) is 23.5. The summed E-state index contributed by atoms with van der Waals surface area (Å²) in [6.07, 6.45) is 4.00. The van der Waals surface area contributed by atoms with Crippen molar-refractivity contribution in [1.82, 2.24) is 15.1 Å². The van der Waals surface area contributed by atoms with Crippen LogP contribution in [0.15, 0.2) is 22.8 Å². The minimum atomic E-state index is -0.636. The summed E-state index contributed by atoms with van der Waals surface area (Å²) < 4.78 is 5.19. The molecule has 1 aromatic heterocycles. The lowest BCUT2D eigenvalue weighted by Gasteiger charge is -2.29. The first-order valence-corrected chi connectivity index (χ1v) is 7.85. The number of aliphatic hydroxyl groups is 1. The summed E-state index contributed by atoms with van der Waals surface area (Å²) in [5.74, 6) is 0.749. The van der Waals surface area contributed by atoms with Crippen molar-refractivity contribution in [1.29, 1.82) is 0 Å². The monoisotopic (exact) mass is 309 g/mol. The smallest absolute Gasteiger partial charge is 0.234 e. The van der Waals surface area contributed by atoms with Crippen molar-refractivity contribution >= 4 is 5.91 Å². The van der Waals surface area contributed by atoms with E-state index in [1.165, 1.54) is 0 Å². The van der Waals surface area contributed by atoms with Crippen molar-refractivity contribution in [3.8, 4) is 0 Å². The fraction of sp³-hybridized carbons (Fsp3) is 0.688. The second kappa shape index (κ2) is 7.76. The summed E-state index contributed by atoms with van der Waals surface area (Å²) >= 11 is 0. The lowest BCUT2D eigenvalue weighted by Crippen LogP contribution is -2.42. The molecule has 0 radical (unpaired) electrons. The summed E-state index contributed by atoms with van der Waals surface area (Å²) in [4.78, 5) is 16.1. The highest BCUT2D eigenvalue weighted by atomic mass is 16.3. The highest BCUT2D eigenvalue weighted by Crippen LogP contribution is 2.22. The van der Waals surface area contributed by atoms with Crippen LogP contribution in [0.25, 0.3) is 0 Å². The number of rotatable bonds is 6. The van der Waals surface area contributed by atoms with Gasteiger partial charge in [0.1, 0.15) is 5.76 Å². The van der Waals surface area contributed by atoms with Gasteiger partial charge in [-0.25, -0.2) is 0 Å². The molecule has 0 aromatic carbocycles. The average molecular weight is 309 g/mol. The highest BCUT2D eigenvalue weighted by Gasteiger charge is 2.30. The lowest BCUT2D eigenvalue weighted by molar-refractivity contribution is -0.122. The Labute approximate surface area is 132 Å². The van der Waals surface area contributed by atoms with Gasteiger partial charge < -0.3 is 19.7 Å². The van der Waals surface area contributed by atoms with Crippen LogP contribution in [0.5, 0.6) is 0 Å². The fourth-order valence-corrected chi connectivity index (χ4v) is 3.00. The Hall–Kier alpha value is -1.37. The predicted octanol–water partition coefficient (Wildman–Crippen LogP) is 0.674. The Morgan fingerprint density at radius 2 is 2.27 bits per heavy atom. The molecule has 0 bridgehead atoms. The zero-order valence-electron chi connectivity index (χ0n) is 13.5. The van der Waals surface area contributed by atoms with Crippen LogP contribution in [0.4, 0.5) is 0 Å². The summed E-state index contributed by atoms with van der Waals surface area (Å²) in [5.41, 5.74) is -0.636. The number of hydrogen-bond acceptors (Lipinski definition) is 5. The second-order valence-corrected chi connectivity index (χ2v) is 6.45. The molecule has 1 aliphatic heterocycles. The number of hydrogen-bond donors (Lipinski definition) is 2. The van der Waals surface area contributed by atoms with E-state index in [-0.39, 0.29) is 5.91 Å². The van der Waals surface area contributed by atoms with E-state index in [4.69, 9.17) is 4.42 Å². The third-order valence-corrected chi connectivity index (χ3v) is 4.03. The van der Waals surface area contributed by atoms with Gasteiger partial charge in [-0.2, -0.15) is 0 Å². The molecule has 1 atom stereocenters. The third kappa shape index (κ3) is 5.44. The molecule has 1 fully saturated rings. The lowest BCUT2D eigenvalue weighted by atomic mass is 9.94. The van der Waals surface area contributed by atoms with Gasteiger partial charge in [-0.3, -0.25) is 9.69 Å². The van der Waals surface area contributed by atoms with E-state index in [1.54, 1.807) is 6.26 Å². The number of nitrogens with zero attached hydrogens (tertiary/aromatic N) is 2. The van der Waals surface area contributed by atoms with Gasteiger partial charge in [-0.15, -0.1) is 0 Å². The van der Waals surface area contributed by atoms with E-state index < -0.39 is 5.60 Å². The van der Waals surface area contributed by atoms with Crippen molar-refractivity contribution in [3.63, 3.8) is 0 Å². The molecule has 2 rings (SSSR count). The van der Waals surface area contributed by atoms with Gasteiger partial charge in [0.15, 0.2) is 0 Å². The standard InChI is InChI=1S/C16H27N3O3/c1-18(2)13-16(21)6-4-8-19(9-7-16)12-15(20)17-11-14-5-3-10-22-14/h3,5,10,21H,4,6-9,11-13H2,1-2H3,(H,17,20). The van der Waals surface area contributed by atoms with Gasteiger partial charge in [0.2, 0.25) is 5.91 Å². The molecule has 1 amide bonds. The van der Waals surface area contributed by atoms with Crippen molar-refractivity contribution in [3.05, 3.63) is 24.2 Å². The predicted molar refractivity (Wildman–Crippen MR) is 84.3 cm³/mol. The van der Waals surface area contributed by atoms with Crippen LogP contribution < -0.4 is 5.32 Å². The Morgan fingerprint density at radius 1 is 1.45 bits per heavy atom. The van der Waals surface area contributed by atoms with E-state index in [0.29, 0.717) is 26.1 Å².